The van der Waals surface area contributed by atoms with E-state index in [0.717, 1.165) is 50.8 Å². The first-order valence-corrected chi connectivity index (χ1v) is 12.0. The first-order valence-electron chi connectivity index (χ1n) is 12.0. The molecule has 0 N–H and O–H groups in total. The standard InChI is InChI=1S/C28H32F4O/c1-3-4-5-6-17-7-8-19-12-20(10-9-18(19)11-17)21-13-23(29)27(24(30)14-21)22-15-25(31)28(33-2)26(32)16-22/h3-4,13-20H,5-12H2,1-2H3/b4-3+. The highest BCUT2D eigenvalue weighted by atomic mass is 19.1. The predicted molar refractivity (Wildman–Crippen MR) is 123 cm³/mol. The third-order valence-electron chi connectivity index (χ3n) is 7.73. The van der Waals surface area contributed by atoms with Crippen LogP contribution in [-0.2, 0) is 0 Å². The Morgan fingerprint density at radius 1 is 0.848 bits per heavy atom. The van der Waals surface area contributed by atoms with Gasteiger partial charge in [-0.25, -0.2) is 17.6 Å². The molecule has 0 aliphatic heterocycles. The smallest absolute Gasteiger partial charge is 0.190 e. The summed E-state index contributed by atoms with van der Waals surface area (Å²) in [6.07, 6.45) is 13.4. The van der Waals surface area contributed by atoms with Crippen LogP contribution in [0.5, 0.6) is 5.75 Å². The fourth-order valence-electron chi connectivity index (χ4n) is 6.05. The number of ether oxygens (including phenoxy) is 1. The van der Waals surface area contributed by atoms with Crippen LogP contribution in [0.4, 0.5) is 17.6 Å². The molecular weight excluding hydrogens is 428 g/mol. The average molecular weight is 461 g/mol. The molecule has 0 heterocycles. The fourth-order valence-corrected chi connectivity index (χ4v) is 6.05. The van der Waals surface area contributed by atoms with E-state index in [2.05, 4.69) is 23.8 Å². The monoisotopic (exact) mass is 460 g/mol. The van der Waals surface area contributed by atoms with Crippen molar-refractivity contribution in [2.75, 3.05) is 7.11 Å². The van der Waals surface area contributed by atoms with Crippen LogP contribution in [0.1, 0.15) is 69.8 Å². The summed E-state index contributed by atoms with van der Waals surface area (Å²) in [7, 11) is 1.14. The van der Waals surface area contributed by atoms with Gasteiger partial charge in [0.15, 0.2) is 17.4 Å². The van der Waals surface area contributed by atoms with Gasteiger partial charge in [0, 0.05) is 0 Å². The van der Waals surface area contributed by atoms with Gasteiger partial charge >= 0.3 is 0 Å². The summed E-state index contributed by atoms with van der Waals surface area (Å²) >= 11 is 0. The maximum Gasteiger partial charge on any atom is 0.190 e. The summed E-state index contributed by atoms with van der Waals surface area (Å²) in [4.78, 5) is 0. The van der Waals surface area contributed by atoms with E-state index in [0.29, 0.717) is 17.4 Å². The van der Waals surface area contributed by atoms with Gasteiger partial charge in [0.25, 0.3) is 0 Å². The summed E-state index contributed by atoms with van der Waals surface area (Å²) in [5, 5.41) is 0. The SMILES string of the molecule is C/C=C/CCC1CCC2CC(c3cc(F)c(-c4cc(F)c(OC)c(F)c4)c(F)c3)CCC2C1. The molecule has 0 spiro atoms. The first-order chi connectivity index (χ1) is 15.9. The number of hydrogen-bond acceptors (Lipinski definition) is 1. The van der Waals surface area contributed by atoms with Crippen LogP contribution < -0.4 is 4.74 Å². The summed E-state index contributed by atoms with van der Waals surface area (Å²) in [6, 6.07) is 4.52. The van der Waals surface area contributed by atoms with Crippen LogP contribution >= 0.6 is 0 Å². The van der Waals surface area contributed by atoms with Crippen molar-refractivity contribution in [3.05, 3.63) is 65.2 Å². The third-order valence-corrected chi connectivity index (χ3v) is 7.73. The number of halogens is 4. The topological polar surface area (TPSA) is 9.23 Å². The normalized spacial score (nSPS) is 25.3. The molecule has 4 rings (SSSR count). The number of allylic oxidation sites excluding steroid dienone is 2. The van der Waals surface area contributed by atoms with E-state index < -0.39 is 34.6 Å². The molecule has 2 aliphatic carbocycles. The molecule has 4 atom stereocenters. The minimum Gasteiger partial charge on any atom is -0.491 e. The zero-order valence-corrected chi connectivity index (χ0v) is 19.4. The summed E-state index contributed by atoms with van der Waals surface area (Å²) in [5.41, 5.74) is 0.0682. The van der Waals surface area contributed by atoms with Gasteiger partial charge in [-0.05, 0) is 111 Å². The molecule has 5 heteroatoms. The minimum absolute atomic E-state index is 0.119. The fraction of sp³-hybridized carbons (Fsp3) is 0.500. The van der Waals surface area contributed by atoms with Crippen molar-refractivity contribution >= 4 is 0 Å². The van der Waals surface area contributed by atoms with Crippen molar-refractivity contribution in [1.82, 2.24) is 0 Å². The number of benzene rings is 2. The zero-order valence-electron chi connectivity index (χ0n) is 19.4. The van der Waals surface area contributed by atoms with Crippen molar-refractivity contribution in [3.8, 4) is 16.9 Å². The van der Waals surface area contributed by atoms with Gasteiger partial charge in [-0.2, -0.15) is 0 Å². The summed E-state index contributed by atoms with van der Waals surface area (Å²) in [5.74, 6) is -1.89. The molecule has 2 aromatic carbocycles. The van der Waals surface area contributed by atoms with Gasteiger partial charge in [-0.15, -0.1) is 0 Å². The lowest BCUT2D eigenvalue weighted by atomic mass is 9.63. The molecule has 33 heavy (non-hydrogen) atoms. The number of methoxy groups -OCH3 is 1. The van der Waals surface area contributed by atoms with Crippen molar-refractivity contribution in [2.24, 2.45) is 17.8 Å². The van der Waals surface area contributed by atoms with Gasteiger partial charge in [0.2, 0.25) is 0 Å². The molecule has 0 bridgehead atoms. The number of fused-ring (bicyclic) bond motifs is 1. The Kier molecular flexibility index (Phi) is 7.45. The molecular formula is C28H32F4O. The Labute approximate surface area is 193 Å². The largest absolute Gasteiger partial charge is 0.491 e. The molecule has 0 saturated heterocycles. The maximum absolute atomic E-state index is 15.0. The second kappa shape index (κ2) is 10.3. The molecule has 1 nitrogen and oxygen atoms in total. The van der Waals surface area contributed by atoms with Gasteiger partial charge in [-0.1, -0.05) is 18.6 Å². The highest BCUT2D eigenvalue weighted by Gasteiger charge is 2.36. The molecule has 2 aliphatic rings. The van der Waals surface area contributed by atoms with Crippen LogP contribution in [0.15, 0.2) is 36.4 Å². The highest BCUT2D eigenvalue weighted by molar-refractivity contribution is 5.66. The summed E-state index contributed by atoms with van der Waals surface area (Å²) in [6.45, 7) is 2.06. The third kappa shape index (κ3) is 5.12. The highest BCUT2D eigenvalue weighted by Crippen LogP contribution is 2.49. The molecule has 4 unspecified atom stereocenters. The van der Waals surface area contributed by atoms with Gasteiger partial charge in [-0.3, -0.25) is 0 Å². The van der Waals surface area contributed by atoms with Crippen LogP contribution in [0.25, 0.3) is 11.1 Å². The second-order valence-corrected chi connectivity index (χ2v) is 9.69. The molecule has 2 saturated carbocycles. The van der Waals surface area contributed by atoms with E-state index in [-0.39, 0.29) is 11.5 Å². The van der Waals surface area contributed by atoms with Crippen LogP contribution in [0, 0.1) is 41.0 Å². The Bertz CT molecular complexity index is 969. The molecule has 2 aromatic rings. The van der Waals surface area contributed by atoms with E-state index in [1.54, 1.807) is 0 Å². The van der Waals surface area contributed by atoms with Crippen LogP contribution in [0.2, 0.25) is 0 Å². The lowest BCUT2D eigenvalue weighted by molar-refractivity contribution is 0.115. The predicted octanol–water partition coefficient (Wildman–Crippen LogP) is 8.57. The van der Waals surface area contributed by atoms with E-state index in [1.807, 2.05) is 0 Å². The molecule has 0 amide bonds. The molecule has 0 aromatic heterocycles. The Balaban J connectivity index is 1.48. The van der Waals surface area contributed by atoms with Gasteiger partial charge in [0.05, 0.1) is 12.7 Å². The zero-order chi connectivity index (χ0) is 23.5. The Morgan fingerprint density at radius 3 is 2.12 bits per heavy atom. The summed E-state index contributed by atoms with van der Waals surface area (Å²) < 4.78 is 62.9. The van der Waals surface area contributed by atoms with Crippen LogP contribution in [-0.4, -0.2) is 7.11 Å². The lowest BCUT2D eigenvalue weighted by Crippen LogP contribution is -2.30. The van der Waals surface area contributed by atoms with Crippen molar-refractivity contribution in [2.45, 2.75) is 64.2 Å². The quantitative estimate of drug-likeness (QED) is 0.310. The molecule has 0 radical (unpaired) electrons. The minimum atomic E-state index is -0.991. The van der Waals surface area contributed by atoms with Crippen LogP contribution in [0.3, 0.4) is 0 Å². The number of rotatable bonds is 6. The Morgan fingerprint density at radius 2 is 1.48 bits per heavy atom. The maximum atomic E-state index is 15.0. The average Bonchev–Trinajstić information content (AvgIpc) is 2.78. The lowest BCUT2D eigenvalue weighted by Gasteiger charge is -2.42. The number of hydrogen-bond donors (Lipinski definition) is 0. The van der Waals surface area contributed by atoms with Gasteiger partial charge < -0.3 is 4.74 Å². The van der Waals surface area contributed by atoms with Crippen molar-refractivity contribution < 1.29 is 22.3 Å². The Hall–Kier alpha value is -2.30. The van der Waals surface area contributed by atoms with E-state index >= 15 is 8.78 Å². The van der Waals surface area contributed by atoms with E-state index in [4.69, 9.17) is 0 Å². The first kappa shape index (κ1) is 23.8. The molecule has 2 fully saturated rings. The van der Waals surface area contributed by atoms with E-state index in [1.165, 1.54) is 37.8 Å². The second-order valence-electron chi connectivity index (χ2n) is 9.69. The van der Waals surface area contributed by atoms with Gasteiger partial charge in [0.1, 0.15) is 11.6 Å². The van der Waals surface area contributed by atoms with Crippen molar-refractivity contribution in [1.29, 1.82) is 0 Å². The molecule has 178 valence electrons. The van der Waals surface area contributed by atoms with Crippen molar-refractivity contribution in [3.63, 3.8) is 0 Å². The van der Waals surface area contributed by atoms with E-state index in [9.17, 15) is 8.78 Å².